The first-order valence-electron chi connectivity index (χ1n) is 6.96. The molecule has 2 aliphatic rings. The van der Waals surface area contributed by atoms with E-state index in [1.165, 1.54) is 63.4 Å². The zero-order chi connectivity index (χ0) is 10.7. The standard InChI is InChI=1S/C15H26/c1-3-12(2)10-13-8-9-14-6-4-5-7-15(14)11-13/h13-15H,2-11H2,1H3. The van der Waals surface area contributed by atoms with Crippen LogP contribution in [-0.2, 0) is 0 Å². The van der Waals surface area contributed by atoms with Gasteiger partial charge in [-0.2, -0.15) is 0 Å². The minimum atomic E-state index is 0.983. The second-order valence-electron chi connectivity index (χ2n) is 5.79. The van der Waals surface area contributed by atoms with Gasteiger partial charge in [0, 0.05) is 0 Å². The average Bonchev–Trinajstić information content (AvgIpc) is 2.29. The Morgan fingerprint density at radius 1 is 1.07 bits per heavy atom. The molecular weight excluding hydrogens is 180 g/mol. The zero-order valence-electron chi connectivity index (χ0n) is 10.3. The van der Waals surface area contributed by atoms with Gasteiger partial charge in [0.05, 0.1) is 0 Å². The predicted molar refractivity (Wildman–Crippen MR) is 66.8 cm³/mol. The van der Waals surface area contributed by atoms with Crippen LogP contribution in [0.5, 0.6) is 0 Å². The normalized spacial score (nSPS) is 35.9. The van der Waals surface area contributed by atoms with Crippen LogP contribution in [0.1, 0.15) is 64.7 Å². The molecule has 86 valence electrons. The molecule has 0 saturated heterocycles. The highest BCUT2D eigenvalue weighted by Gasteiger charge is 2.31. The van der Waals surface area contributed by atoms with Crippen molar-refractivity contribution in [3.05, 3.63) is 12.2 Å². The summed E-state index contributed by atoms with van der Waals surface area (Å²) in [4.78, 5) is 0. The van der Waals surface area contributed by atoms with E-state index >= 15 is 0 Å². The fourth-order valence-corrected chi connectivity index (χ4v) is 3.71. The van der Waals surface area contributed by atoms with E-state index in [-0.39, 0.29) is 0 Å². The van der Waals surface area contributed by atoms with Gasteiger partial charge in [0.2, 0.25) is 0 Å². The van der Waals surface area contributed by atoms with Gasteiger partial charge < -0.3 is 0 Å². The molecule has 0 heterocycles. The molecule has 0 aromatic heterocycles. The van der Waals surface area contributed by atoms with Crippen LogP contribution >= 0.6 is 0 Å². The van der Waals surface area contributed by atoms with E-state index in [1.807, 2.05) is 0 Å². The van der Waals surface area contributed by atoms with Crippen LogP contribution in [0.25, 0.3) is 0 Å². The Morgan fingerprint density at radius 2 is 1.80 bits per heavy atom. The molecule has 15 heavy (non-hydrogen) atoms. The first kappa shape index (κ1) is 11.2. The second-order valence-corrected chi connectivity index (χ2v) is 5.79. The van der Waals surface area contributed by atoms with Crippen molar-refractivity contribution in [2.24, 2.45) is 17.8 Å². The first-order valence-corrected chi connectivity index (χ1v) is 6.96. The molecule has 2 fully saturated rings. The lowest BCUT2D eigenvalue weighted by Crippen LogP contribution is -2.27. The molecule has 0 heteroatoms. The Kier molecular flexibility index (Phi) is 3.88. The minimum absolute atomic E-state index is 0.983. The van der Waals surface area contributed by atoms with Gasteiger partial charge in [0.15, 0.2) is 0 Å². The Bertz CT molecular complexity index is 216. The molecule has 0 amide bonds. The van der Waals surface area contributed by atoms with Crippen LogP contribution in [-0.4, -0.2) is 0 Å². The van der Waals surface area contributed by atoms with Gasteiger partial charge in [-0.25, -0.2) is 0 Å². The molecule has 3 unspecified atom stereocenters. The van der Waals surface area contributed by atoms with Crippen molar-refractivity contribution in [3.8, 4) is 0 Å². The van der Waals surface area contributed by atoms with E-state index in [0.717, 1.165) is 17.8 Å². The van der Waals surface area contributed by atoms with Crippen LogP contribution in [0.4, 0.5) is 0 Å². The Balaban J connectivity index is 1.83. The molecule has 3 atom stereocenters. The van der Waals surface area contributed by atoms with Gasteiger partial charge in [-0.1, -0.05) is 44.8 Å². The van der Waals surface area contributed by atoms with Gasteiger partial charge in [-0.15, -0.1) is 0 Å². The fourth-order valence-electron chi connectivity index (χ4n) is 3.71. The van der Waals surface area contributed by atoms with Crippen molar-refractivity contribution in [1.29, 1.82) is 0 Å². The molecule has 2 saturated carbocycles. The summed E-state index contributed by atoms with van der Waals surface area (Å²) in [5, 5.41) is 0. The minimum Gasteiger partial charge on any atom is -0.0999 e. The number of hydrogen-bond acceptors (Lipinski definition) is 0. The van der Waals surface area contributed by atoms with Crippen molar-refractivity contribution in [1.82, 2.24) is 0 Å². The van der Waals surface area contributed by atoms with Crippen molar-refractivity contribution >= 4 is 0 Å². The Hall–Kier alpha value is -0.260. The third-order valence-corrected chi connectivity index (χ3v) is 4.73. The van der Waals surface area contributed by atoms with Gasteiger partial charge in [0.1, 0.15) is 0 Å². The van der Waals surface area contributed by atoms with Crippen LogP contribution in [0.15, 0.2) is 12.2 Å². The smallest absolute Gasteiger partial charge is 0.0294 e. The maximum Gasteiger partial charge on any atom is -0.0294 e. The SMILES string of the molecule is C=C(CC)CC1CCC2CCCCC2C1. The monoisotopic (exact) mass is 206 g/mol. The van der Waals surface area contributed by atoms with Crippen LogP contribution in [0.3, 0.4) is 0 Å². The van der Waals surface area contributed by atoms with Crippen molar-refractivity contribution < 1.29 is 0 Å². The molecule has 0 N–H and O–H groups in total. The highest BCUT2D eigenvalue weighted by atomic mass is 14.4. The van der Waals surface area contributed by atoms with Crippen molar-refractivity contribution in [2.45, 2.75) is 64.7 Å². The highest BCUT2D eigenvalue weighted by Crippen LogP contribution is 2.44. The van der Waals surface area contributed by atoms with Crippen molar-refractivity contribution in [3.63, 3.8) is 0 Å². The van der Waals surface area contributed by atoms with Crippen molar-refractivity contribution in [2.75, 3.05) is 0 Å². The third-order valence-electron chi connectivity index (χ3n) is 4.73. The summed E-state index contributed by atoms with van der Waals surface area (Å²) in [5.41, 5.74) is 1.48. The van der Waals surface area contributed by atoms with E-state index in [9.17, 15) is 0 Å². The van der Waals surface area contributed by atoms with Gasteiger partial charge in [-0.3, -0.25) is 0 Å². The number of hydrogen-bond donors (Lipinski definition) is 0. The predicted octanol–water partition coefficient (Wildman–Crippen LogP) is 4.95. The number of allylic oxidation sites excluding steroid dienone is 1. The molecule has 0 nitrogen and oxygen atoms in total. The van der Waals surface area contributed by atoms with Crippen LogP contribution in [0, 0.1) is 17.8 Å². The van der Waals surface area contributed by atoms with Crippen LogP contribution < -0.4 is 0 Å². The summed E-state index contributed by atoms with van der Waals surface area (Å²) in [7, 11) is 0. The maximum atomic E-state index is 4.17. The Labute approximate surface area is 95.1 Å². The summed E-state index contributed by atoms with van der Waals surface area (Å²) in [6.45, 7) is 6.42. The molecule has 2 aliphatic carbocycles. The van der Waals surface area contributed by atoms with E-state index in [2.05, 4.69) is 13.5 Å². The molecular formula is C15H26. The molecule has 2 rings (SSSR count). The number of rotatable bonds is 3. The second kappa shape index (κ2) is 5.18. The maximum absolute atomic E-state index is 4.17. The summed E-state index contributed by atoms with van der Waals surface area (Å²) in [6, 6.07) is 0. The molecule has 0 radical (unpaired) electrons. The molecule has 0 aliphatic heterocycles. The number of fused-ring (bicyclic) bond motifs is 1. The summed E-state index contributed by atoms with van der Waals surface area (Å²) in [5.74, 6) is 3.17. The van der Waals surface area contributed by atoms with E-state index in [1.54, 1.807) is 0 Å². The largest absolute Gasteiger partial charge is 0.0999 e. The zero-order valence-corrected chi connectivity index (χ0v) is 10.3. The summed E-state index contributed by atoms with van der Waals surface area (Å²) in [6.07, 6.45) is 13.1. The lowest BCUT2D eigenvalue weighted by atomic mass is 9.66. The lowest BCUT2D eigenvalue weighted by Gasteiger charge is -2.39. The molecule has 0 aromatic carbocycles. The van der Waals surface area contributed by atoms with Gasteiger partial charge >= 0.3 is 0 Å². The first-order chi connectivity index (χ1) is 7.29. The third kappa shape index (κ3) is 2.86. The highest BCUT2D eigenvalue weighted by molar-refractivity contribution is 4.96. The van der Waals surface area contributed by atoms with E-state index in [4.69, 9.17) is 0 Å². The fraction of sp³-hybridized carbons (Fsp3) is 0.867. The van der Waals surface area contributed by atoms with Crippen LogP contribution in [0.2, 0.25) is 0 Å². The lowest BCUT2D eigenvalue weighted by molar-refractivity contribution is 0.129. The molecule has 0 aromatic rings. The van der Waals surface area contributed by atoms with E-state index < -0.39 is 0 Å². The van der Waals surface area contributed by atoms with E-state index in [0.29, 0.717) is 0 Å². The molecule has 0 bridgehead atoms. The Morgan fingerprint density at radius 3 is 2.53 bits per heavy atom. The molecule has 0 spiro atoms. The summed E-state index contributed by atoms with van der Waals surface area (Å²) < 4.78 is 0. The topological polar surface area (TPSA) is 0 Å². The van der Waals surface area contributed by atoms with Gasteiger partial charge in [-0.05, 0) is 49.9 Å². The summed E-state index contributed by atoms with van der Waals surface area (Å²) >= 11 is 0. The average molecular weight is 206 g/mol. The quantitative estimate of drug-likeness (QED) is 0.573. The van der Waals surface area contributed by atoms with Gasteiger partial charge in [0.25, 0.3) is 0 Å².